The van der Waals surface area contributed by atoms with Gasteiger partial charge in [0, 0.05) is 49.4 Å². The van der Waals surface area contributed by atoms with Crippen LogP contribution in [-0.2, 0) is 35.8 Å². The van der Waals surface area contributed by atoms with E-state index in [1.807, 2.05) is 30.3 Å². The third-order valence-electron chi connectivity index (χ3n) is 11.1. The Bertz CT molecular complexity index is 2520. The number of amides is 5. The topological polar surface area (TPSA) is 300 Å². The van der Waals surface area contributed by atoms with Crippen molar-refractivity contribution in [2.45, 2.75) is 77.0 Å². The maximum atomic E-state index is 14.6. The van der Waals surface area contributed by atoms with Crippen LogP contribution in [0, 0.1) is 18.3 Å². The minimum Gasteiger partial charge on any atom is -0.492 e. The maximum Gasteiger partial charge on any atom is 0.293 e. The van der Waals surface area contributed by atoms with Gasteiger partial charge in [0.1, 0.15) is 55.4 Å². The molecule has 0 radical (unpaired) electrons. The van der Waals surface area contributed by atoms with Crippen molar-refractivity contribution in [2.75, 3.05) is 46.4 Å². The van der Waals surface area contributed by atoms with Crippen molar-refractivity contribution in [1.82, 2.24) is 36.1 Å². The van der Waals surface area contributed by atoms with Crippen LogP contribution in [0.3, 0.4) is 0 Å². The van der Waals surface area contributed by atoms with Crippen molar-refractivity contribution in [2.24, 2.45) is 17.2 Å². The molecular formula is C48H59N11O8. The SMILES string of the molecule is Cc1nc(-c2ccc(C(C)(C)C)cc2)ncc1C(=O)C(=O)N[C@@H](CCN)C(=O)N(C)[C@@H]1C(=O)N[C@@H](C)C(=O)N[C@H](C(=O)NCC#N)Cc2ccc(OCCN)c(c2)-c2cc1ccc2OCCN. The average molecular weight is 918 g/mol. The number of rotatable bonds is 16. The Kier molecular flexibility index (Phi) is 17.2. The molecule has 19 heteroatoms. The standard InChI is InChI=1S/C48H59N11O8/c1-27-35(26-54-42(55-27)30-8-11-32(12-9-30)48(3,4)5)41(60)46(64)57-36(15-16-49)47(65)59(6)40-31-10-14-39(67-22-19-52)34(25-31)33-23-29(7-13-38(33)66-21-18-51)24-37(44(62)53-20-17-50)58-43(61)28(2)56-45(40)63/h7-14,23,25-26,28,36-37,40H,15-16,18-22,24,49,51-52H2,1-6H3,(H,53,62)(H,56,63)(H,57,64)(H,58,61)/t28-,36-,37-,40-/m0/s1. The number of nitrogens with one attached hydrogen (secondary N) is 4. The van der Waals surface area contributed by atoms with Gasteiger partial charge in [-0.2, -0.15) is 5.26 Å². The van der Waals surface area contributed by atoms with E-state index >= 15 is 0 Å². The van der Waals surface area contributed by atoms with Crippen LogP contribution in [0.4, 0.5) is 0 Å². The van der Waals surface area contributed by atoms with Crippen molar-refractivity contribution in [3.8, 4) is 40.1 Å². The quantitative estimate of drug-likeness (QED) is 0.0476. The van der Waals surface area contributed by atoms with E-state index in [0.717, 1.165) is 16.0 Å². The maximum absolute atomic E-state index is 14.6. The zero-order valence-corrected chi connectivity index (χ0v) is 38.6. The number of ether oxygens (including phenoxy) is 2. The second-order valence-corrected chi connectivity index (χ2v) is 17.0. The van der Waals surface area contributed by atoms with Crippen molar-refractivity contribution < 1.29 is 38.2 Å². The van der Waals surface area contributed by atoms with Crippen LogP contribution in [0.5, 0.6) is 11.5 Å². The minimum atomic E-state index is -1.48. The van der Waals surface area contributed by atoms with Gasteiger partial charge in [-0.15, -0.1) is 0 Å². The van der Waals surface area contributed by atoms with Gasteiger partial charge in [0.15, 0.2) is 5.82 Å². The van der Waals surface area contributed by atoms with Crippen LogP contribution in [-0.4, -0.2) is 115 Å². The fourth-order valence-corrected chi connectivity index (χ4v) is 7.42. The highest BCUT2D eigenvalue weighted by molar-refractivity contribution is 6.43. The summed E-state index contributed by atoms with van der Waals surface area (Å²) in [6, 6.07) is 14.2. The lowest BCUT2D eigenvalue weighted by Gasteiger charge is -2.32. The summed E-state index contributed by atoms with van der Waals surface area (Å²) in [4.78, 5) is 93.5. The van der Waals surface area contributed by atoms with Gasteiger partial charge in [0.2, 0.25) is 23.6 Å². The molecule has 1 aliphatic heterocycles. The Labute approximate surface area is 389 Å². The Balaban J connectivity index is 1.53. The van der Waals surface area contributed by atoms with Gasteiger partial charge in [-0.05, 0) is 73.2 Å². The summed E-state index contributed by atoms with van der Waals surface area (Å²) in [7, 11) is 1.34. The Morgan fingerprint density at radius 3 is 2.15 bits per heavy atom. The lowest BCUT2D eigenvalue weighted by Crippen LogP contribution is -2.56. The van der Waals surface area contributed by atoms with E-state index in [4.69, 9.17) is 31.9 Å². The van der Waals surface area contributed by atoms with Crippen molar-refractivity contribution in [3.63, 3.8) is 0 Å². The molecule has 0 saturated carbocycles. The fraction of sp³-hybridized carbons (Fsp3) is 0.396. The number of aromatic nitrogens is 2. The number of Topliss-reactive ketones (excluding diaryl/α,β-unsaturated/α-hetero) is 1. The second kappa shape index (κ2) is 22.8. The summed E-state index contributed by atoms with van der Waals surface area (Å²) in [6.45, 7) is 9.45. The predicted octanol–water partition coefficient (Wildman–Crippen LogP) is 1.49. The molecule has 5 rings (SSSR count). The number of nitrogens with zero attached hydrogens (tertiary/aromatic N) is 4. The van der Waals surface area contributed by atoms with Crippen LogP contribution in [0.15, 0.2) is 66.9 Å². The Hall–Kier alpha value is -7.27. The first-order valence-corrected chi connectivity index (χ1v) is 21.9. The molecule has 0 saturated heterocycles. The zero-order valence-electron chi connectivity index (χ0n) is 38.6. The van der Waals surface area contributed by atoms with Gasteiger partial charge in [-0.3, -0.25) is 28.8 Å². The number of hydrogen-bond acceptors (Lipinski definition) is 14. The molecule has 0 spiro atoms. The lowest BCUT2D eigenvalue weighted by molar-refractivity contribution is -0.142. The monoisotopic (exact) mass is 917 g/mol. The Morgan fingerprint density at radius 1 is 0.910 bits per heavy atom. The first kappa shape index (κ1) is 50.7. The number of nitrogens with two attached hydrogens (primary N) is 3. The summed E-state index contributed by atoms with van der Waals surface area (Å²) in [5.41, 5.74) is 21.2. The molecule has 0 aliphatic carbocycles. The second-order valence-electron chi connectivity index (χ2n) is 17.0. The first-order valence-electron chi connectivity index (χ1n) is 21.9. The molecule has 354 valence electrons. The highest BCUT2D eigenvalue weighted by Gasteiger charge is 2.37. The van der Waals surface area contributed by atoms with Crippen molar-refractivity contribution >= 4 is 35.3 Å². The molecule has 1 aliphatic rings. The van der Waals surface area contributed by atoms with Gasteiger partial charge in [-0.1, -0.05) is 57.2 Å². The van der Waals surface area contributed by atoms with E-state index in [-0.39, 0.29) is 74.5 Å². The van der Waals surface area contributed by atoms with Crippen LogP contribution in [0.2, 0.25) is 0 Å². The smallest absolute Gasteiger partial charge is 0.293 e. The molecule has 0 fully saturated rings. The largest absolute Gasteiger partial charge is 0.492 e. The first-order chi connectivity index (χ1) is 31.9. The molecule has 10 N–H and O–H groups in total. The highest BCUT2D eigenvalue weighted by Crippen LogP contribution is 2.40. The third kappa shape index (κ3) is 12.5. The van der Waals surface area contributed by atoms with E-state index in [1.54, 1.807) is 43.3 Å². The van der Waals surface area contributed by atoms with Gasteiger partial charge >= 0.3 is 0 Å². The molecule has 3 aromatic carbocycles. The van der Waals surface area contributed by atoms with Crippen LogP contribution in [0.25, 0.3) is 22.5 Å². The molecule has 4 bridgehead atoms. The number of carbonyl (C=O) groups excluding carboxylic acids is 6. The number of fused-ring (bicyclic) bond motifs is 5. The average Bonchev–Trinajstić information content (AvgIpc) is 3.30. The van der Waals surface area contributed by atoms with Crippen molar-refractivity contribution in [3.05, 3.63) is 94.8 Å². The number of benzene rings is 3. The zero-order chi connectivity index (χ0) is 49.0. The highest BCUT2D eigenvalue weighted by atomic mass is 16.5. The van der Waals surface area contributed by atoms with E-state index in [1.165, 1.54) is 20.2 Å². The van der Waals surface area contributed by atoms with Crippen LogP contribution in [0.1, 0.15) is 72.9 Å². The lowest BCUT2D eigenvalue weighted by atomic mass is 9.86. The van der Waals surface area contributed by atoms with Gasteiger partial charge in [0.05, 0.1) is 17.3 Å². The third-order valence-corrected chi connectivity index (χ3v) is 11.1. The van der Waals surface area contributed by atoms with E-state index in [0.29, 0.717) is 34.0 Å². The molecule has 5 amide bonds. The van der Waals surface area contributed by atoms with Crippen LogP contribution < -0.4 is 47.9 Å². The molecule has 1 aromatic heterocycles. The summed E-state index contributed by atoms with van der Waals surface area (Å²) in [6.07, 6.45) is 1.12. The number of ketones is 1. The number of aryl methyl sites for hydroxylation is 1. The van der Waals surface area contributed by atoms with E-state index in [2.05, 4.69) is 52.0 Å². The van der Waals surface area contributed by atoms with E-state index in [9.17, 15) is 28.8 Å². The summed E-state index contributed by atoms with van der Waals surface area (Å²) in [5, 5.41) is 19.5. The van der Waals surface area contributed by atoms with E-state index < -0.39 is 59.5 Å². The molecule has 19 nitrogen and oxygen atoms in total. The number of nitriles is 1. The molecule has 4 atom stereocenters. The van der Waals surface area contributed by atoms with Gasteiger partial charge in [-0.25, -0.2) is 9.97 Å². The van der Waals surface area contributed by atoms with Gasteiger partial charge in [0.25, 0.3) is 11.7 Å². The fourth-order valence-electron chi connectivity index (χ4n) is 7.42. The molecule has 0 unspecified atom stereocenters. The summed E-state index contributed by atoms with van der Waals surface area (Å²) >= 11 is 0. The molecule has 2 heterocycles. The predicted molar refractivity (Wildman–Crippen MR) is 249 cm³/mol. The number of likely N-dealkylation sites (N-methyl/N-ethyl adjacent to an activating group) is 1. The minimum absolute atomic E-state index is 0.0206. The number of carbonyl (C=O) groups is 6. The summed E-state index contributed by atoms with van der Waals surface area (Å²) < 4.78 is 12.1. The molecular weight excluding hydrogens is 859 g/mol. The number of hydrogen-bond donors (Lipinski definition) is 7. The summed E-state index contributed by atoms with van der Waals surface area (Å²) in [5.74, 6) is -4.04. The van der Waals surface area contributed by atoms with Gasteiger partial charge < -0.3 is 52.8 Å². The molecule has 67 heavy (non-hydrogen) atoms. The normalized spacial score (nSPS) is 16.5. The molecule has 4 aromatic rings. The van der Waals surface area contributed by atoms with Crippen LogP contribution >= 0.6 is 0 Å². The Morgan fingerprint density at radius 2 is 1.55 bits per heavy atom. The van der Waals surface area contributed by atoms with Crippen molar-refractivity contribution in [1.29, 1.82) is 5.26 Å².